The summed E-state index contributed by atoms with van der Waals surface area (Å²) in [6, 6.07) is -0.838. The van der Waals surface area contributed by atoms with Crippen molar-refractivity contribution in [1.82, 2.24) is 5.32 Å². The maximum absolute atomic E-state index is 12.8. The van der Waals surface area contributed by atoms with E-state index in [1.165, 1.54) is 141 Å². The molecule has 0 aromatic heterocycles. The molecule has 0 spiro atoms. The molecule has 0 aromatic rings. The van der Waals surface area contributed by atoms with Crippen LogP contribution in [0.15, 0.2) is 12.2 Å². The molecule has 0 heterocycles. The fraction of sp³-hybridized carbons (Fsp3) is 0.927. The van der Waals surface area contributed by atoms with Gasteiger partial charge in [-0.1, -0.05) is 180 Å². The average Bonchev–Trinajstić information content (AvgIpc) is 3.06. The van der Waals surface area contributed by atoms with Gasteiger partial charge in [-0.2, -0.15) is 0 Å². The average molecular weight is 732 g/mol. The van der Waals surface area contributed by atoms with Crippen LogP contribution in [0, 0.1) is 0 Å². The van der Waals surface area contributed by atoms with Crippen LogP contribution in [0.1, 0.15) is 194 Å². The van der Waals surface area contributed by atoms with Crippen molar-refractivity contribution in [2.75, 3.05) is 40.9 Å². The second-order valence-electron chi connectivity index (χ2n) is 15.7. The van der Waals surface area contributed by atoms with E-state index in [4.69, 9.17) is 9.05 Å². The molecule has 0 rings (SSSR count). The van der Waals surface area contributed by atoms with Crippen LogP contribution in [0.2, 0.25) is 0 Å². The SMILES string of the molecule is CCCCCCCCCCCCCCCCC/C=C/[C@@H](O)[C@H](COP(=O)(O)OCC[N+](C)(C)C)NC(=O)CCCCCCCCCCCCC. The van der Waals surface area contributed by atoms with Gasteiger partial charge in [-0.15, -0.1) is 0 Å². The number of phosphoric ester groups is 1. The lowest BCUT2D eigenvalue weighted by molar-refractivity contribution is -0.870. The van der Waals surface area contributed by atoms with Crippen molar-refractivity contribution in [3.8, 4) is 0 Å². The number of hydrogen-bond donors (Lipinski definition) is 3. The standard InChI is InChI=1S/C41H83N2O6P/c1-6-8-10-12-14-16-18-19-20-21-22-23-25-26-28-30-32-34-40(44)39(38-49-50(46,47)48-37-36-43(3,4)5)42-41(45)35-33-31-29-27-24-17-15-13-11-9-7-2/h32,34,39-40,44H,6-31,33,35-38H2,1-5H3,(H-,42,45,46,47)/p+1/b34-32+/t39-,40+/m0/s1. The third-order valence-electron chi connectivity index (χ3n) is 9.51. The number of quaternary nitrogens is 1. The molecule has 0 aliphatic carbocycles. The summed E-state index contributed by atoms with van der Waals surface area (Å²) in [7, 11) is 1.58. The maximum atomic E-state index is 12.8. The van der Waals surface area contributed by atoms with E-state index in [0.717, 1.165) is 32.1 Å². The molecule has 1 amide bonds. The van der Waals surface area contributed by atoms with Gasteiger partial charge in [-0.25, -0.2) is 4.57 Å². The molecule has 0 aliphatic rings. The number of unbranched alkanes of at least 4 members (excludes halogenated alkanes) is 25. The second-order valence-corrected chi connectivity index (χ2v) is 17.2. The van der Waals surface area contributed by atoms with Gasteiger partial charge < -0.3 is 19.8 Å². The quantitative estimate of drug-likeness (QED) is 0.0253. The number of likely N-dealkylation sites (N-methyl/N-ethyl adjacent to an activating group) is 1. The van der Waals surface area contributed by atoms with E-state index >= 15 is 0 Å². The molecule has 0 saturated heterocycles. The summed E-state index contributed by atoms with van der Waals surface area (Å²) in [6.07, 6.45) is 37.0. The third kappa shape index (κ3) is 35.6. The molecule has 3 N–H and O–H groups in total. The number of rotatable bonds is 38. The van der Waals surface area contributed by atoms with Gasteiger partial charge in [0, 0.05) is 6.42 Å². The van der Waals surface area contributed by atoms with Crippen LogP contribution in [0.5, 0.6) is 0 Å². The summed E-state index contributed by atoms with van der Waals surface area (Å²) in [5, 5.41) is 13.8. The van der Waals surface area contributed by atoms with Crippen LogP contribution in [-0.4, -0.2) is 73.4 Å². The van der Waals surface area contributed by atoms with Crippen LogP contribution < -0.4 is 5.32 Å². The van der Waals surface area contributed by atoms with Crippen LogP contribution in [0.25, 0.3) is 0 Å². The molecule has 50 heavy (non-hydrogen) atoms. The van der Waals surface area contributed by atoms with E-state index in [2.05, 4.69) is 19.2 Å². The van der Waals surface area contributed by atoms with Gasteiger partial charge in [0.1, 0.15) is 13.2 Å². The van der Waals surface area contributed by atoms with E-state index in [-0.39, 0.29) is 19.1 Å². The van der Waals surface area contributed by atoms with E-state index in [9.17, 15) is 19.4 Å². The van der Waals surface area contributed by atoms with Crippen molar-refractivity contribution in [3.05, 3.63) is 12.2 Å². The number of nitrogens with one attached hydrogen (secondary N) is 1. The Morgan fingerprint density at radius 1 is 0.660 bits per heavy atom. The summed E-state index contributed by atoms with van der Waals surface area (Å²) in [5.41, 5.74) is 0. The number of aliphatic hydroxyl groups excluding tert-OH is 1. The van der Waals surface area contributed by atoms with E-state index in [1.54, 1.807) is 6.08 Å². The highest BCUT2D eigenvalue weighted by atomic mass is 31.2. The van der Waals surface area contributed by atoms with Crippen molar-refractivity contribution < 1.29 is 32.9 Å². The van der Waals surface area contributed by atoms with Gasteiger partial charge >= 0.3 is 7.82 Å². The Kier molecular flexibility index (Phi) is 33.5. The van der Waals surface area contributed by atoms with E-state index in [1.807, 2.05) is 27.2 Å². The second kappa shape index (κ2) is 34.0. The summed E-state index contributed by atoms with van der Waals surface area (Å²) in [4.78, 5) is 23.0. The van der Waals surface area contributed by atoms with Crippen LogP contribution in [-0.2, 0) is 18.4 Å². The first-order valence-electron chi connectivity index (χ1n) is 21.1. The Balaban J connectivity index is 4.43. The number of phosphoric acid groups is 1. The first kappa shape index (κ1) is 49.2. The number of carbonyl (C=O) groups excluding carboxylic acids is 1. The molecule has 9 heteroatoms. The van der Waals surface area contributed by atoms with Crippen molar-refractivity contribution >= 4 is 13.7 Å². The minimum atomic E-state index is -4.33. The van der Waals surface area contributed by atoms with Gasteiger partial charge in [0.05, 0.1) is 39.9 Å². The molecule has 8 nitrogen and oxygen atoms in total. The zero-order valence-electron chi connectivity index (χ0n) is 33.7. The lowest BCUT2D eigenvalue weighted by Crippen LogP contribution is -2.45. The molecular weight excluding hydrogens is 647 g/mol. The molecule has 3 atom stereocenters. The Bertz CT molecular complexity index is 834. The van der Waals surface area contributed by atoms with Crippen molar-refractivity contribution in [3.63, 3.8) is 0 Å². The summed E-state index contributed by atoms with van der Waals surface area (Å²) < 4.78 is 23.5. The van der Waals surface area contributed by atoms with E-state index in [0.29, 0.717) is 17.4 Å². The lowest BCUT2D eigenvalue weighted by atomic mass is 10.0. The van der Waals surface area contributed by atoms with Crippen molar-refractivity contribution in [2.24, 2.45) is 0 Å². The first-order chi connectivity index (χ1) is 24.0. The zero-order chi connectivity index (χ0) is 37.2. The molecule has 0 radical (unpaired) electrons. The van der Waals surface area contributed by atoms with Gasteiger partial charge in [0.15, 0.2) is 0 Å². The number of allylic oxidation sites excluding steroid dienone is 1. The lowest BCUT2D eigenvalue weighted by Gasteiger charge is -2.25. The Morgan fingerprint density at radius 3 is 1.48 bits per heavy atom. The fourth-order valence-corrected chi connectivity index (χ4v) is 6.84. The maximum Gasteiger partial charge on any atom is 0.472 e. The van der Waals surface area contributed by atoms with Gasteiger partial charge in [0.2, 0.25) is 5.91 Å². The number of amides is 1. The van der Waals surface area contributed by atoms with Crippen molar-refractivity contribution in [1.29, 1.82) is 0 Å². The summed E-state index contributed by atoms with van der Waals surface area (Å²) in [6.45, 7) is 4.81. The summed E-state index contributed by atoms with van der Waals surface area (Å²) >= 11 is 0. The highest BCUT2D eigenvalue weighted by molar-refractivity contribution is 7.47. The molecule has 0 fully saturated rings. The monoisotopic (exact) mass is 732 g/mol. The molecule has 0 aliphatic heterocycles. The van der Waals surface area contributed by atoms with Crippen molar-refractivity contribution in [2.45, 2.75) is 206 Å². The minimum Gasteiger partial charge on any atom is -0.387 e. The van der Waals surface area contributed by atoms with Gasteiger partial charge in [-0.3, -0.25) is 13.8 Å². The molecule has 0 aromatic carbocycles. The predicted molar refractivity (Wildman–Crippen MR) is 212 cm³/mol. The molecule has 1 unspecified atom stereocenters. The minimum absolute atomic E-state index is 0.0644. The number of aliphatic hydroxyl groups is 1. The molecule has 0 bridgehead atoms. The number of carbonyl (C=O) groups is 1. The third-order valence-corrected chi connectivity index (χ3v) is 10.5. The fourth-order valence-electron chi connectivity index (χ4n) is 6.10. The van der Waals surface area contributed by atoms with Gasteiger partial charge in [0.25, 0.3) is 0 Å². The van der Waals surface area contributed by atoms with Gasteiger partial charge in [-0.05, 0) is 19.3 Å². The molecular formula is C41H84N2O6P+. The zero-order valence-corrected chi connectivity index (χ0v) is 34.5. The van der Waals surface area contributed by atoms with E-state index < -0.39 is 20.0 Å². The first-order valence-corrected chi connectivity index (χ1v) is 22.6. The highest BCUT2D eigenvalue weighted by Gasteiger charge is 2.27. The molecule has 0 saturated carbocycles. The Morgan fingerprint density at radius 2 is 1.06 bits per heavy atom. The van der Waals surface area contributed by atoms with Crippen LogP contribution in [0.4, 0.5) is 0 Å². The largest absolute Gasteiger partial charge is 0.472 e. The van der Waals surface area contributed by atoms with Crippen LogP contribution in [0.3, 0.4) is 0 Å². The Hall–Kier alpha value is -0.760. The predicted octanol–water partition coefficient (Wildman–Crippen LogP) is 11.2. The number of hydrogen-bond acceptors (Lipinski definition) is 5. The topological polar surface area (TPSA) is 105 Å². The molecule has 298 valence electrons. The summed E-state index contributed by atoms with van der Waals surface area (Å²) in [5.74, 6) is -0.178. The normalized spacial score (nSPS) is 14.6. The van der Waals surface area contributed by atoms with Crippen LogP contribution >= 0.6 is 7.82 Å². The number of nitrogens with zero attached hydrogens (tertiary/aromatic N) is 1. The smallest absolute Gasteiger partial charge is 0.387 e. The highest BCUT2D eigenvalue weighted by Crippen LogP contribution is 2.43. The Labute approximate surface area is 310 Å².